The number of terminal acetylenes is 1. The van der Waals surface area contributed by atoms with Crippen LogP contribution in [-0.4, -0.2) is 0 Å². The van der Waals surface area contributed by atoms with Gasteiger partial charge in [-0.2, -0.15) is 5.26 Å². The molecule has 0 aromatic heterocycles. The SMILES string of the molecule is C#Cc1ccc(Oc2ccc(C(C)(C)C)cc2)cc1C#N. The summed E-state index contributed by atoms with van der Waals surface area (Å²) in [5.74, 6) is 3.83. The third-order valence-electron chi connectivity index (χ3n) is 3.22. The molecule has 0 aliphatic carbocycles. The summed E-state index contributed by atoms with van der Waals surface area (Å²) < 4.78 is 5.77. The molecule has 0 saturated heterocycles. The number of nitrogens with zero attached hydrogens (tertiary/aromatic N) is 1. The van der Waals surface area contributed by atoms with Gasteiger partial charge in [-0.3, -0.25) is 0 Å². The number of ether oxygens (including phenoxy) is 1. The molecule has 0 aliphatic rings. The van der Waals surface area contributed by atoms with Crippen LogP contribution in [-0.2, 0) is 5.41 Å². The lowest BCUT2D eigenvalue weighted by Crippen LogP contribution is -2.10. The molecule has 0 radical (unpaired) electrons. The van der Waals surface area contributed by atoms with Crippen molar-refractivity contribution in [2.45, 2.75) is 26.2 Å². The highest BCUT2D eigenvalue weighted by Gasteiger charge is 2.13. The van der Waals surface area contributed by atoms with Gasteiger partial charge in [-0.05, 0) is 41.3 Å². The van der Waals surface area contributed by atoms with E-state index in [1.807, 2.05) is 12.1 Å². The van der Waals surface area contributed by atoms with Gasteiger partial charge in [-0.1, -0.05) is 38.8 Å². The van der Waals surface area contributed by atoms with Gasteiger partial charge in [0, 0.05) is 5.56 Å². The van der Waals surface area contributed by atoms with Crippen molar-refractivity contribution in [2.24, 2.45) is 0 Å². The smallest absolute Gasteiger partial charge is 0.128 e. The van der Waals surface area contributed by atoms with Gasteiger partial charge < -0.3 is 4.74 Å². The molecule has 0 bridgehead atoms. The van der Waals surface area contributed by atoms with Gasteiger partial charge in [0.1, 0.15) is 17.6 Å². The maximum absolute atomic E-state index is 9.06. The van der Waals surface area contributed by atoms with Crippen LogP contribution < -0.4 is 4.74 Å². The summed E-state index contributed by atoms with van der Waals surface area (Å²) in [5.41, 5.74) is 2.38. The monoisotopic (exact) mass is 275 g/mol. The van der Waals surface area contributed by atoms with Gasteiger partial charge in [-0.25, -0.2) is 0 Å². The lowest BCUT2D eigenvalue weighted by Gasteiger charge is -2.19. The van der Waals surface area contributed by atoms with Crippen molar-refractivity contribution in [3.63, 3.8) is 0 Å². The number of rotatable bonds is 2. The van der Waals surface area contributed by atoms with Crippen LogP contribution >= 0.6 is 0 Å². The molecule has 2 aromatic rings. The molecular formula is C19H17NO. The van der Waals surface area contributed by atoms with E-state index in [-0.39, 0.29) is 5.41 Å². The lowest BCUT2D eigenvalue weighted by atomic mass is 9.87. The average Bonchev–Trinajstić information content (AvgIpc) is 2.46. The van der Waals surface area contributed by atoms with Crippen LogP contribution in [0.2, 0.25) is 0 Å². The fraction of sp³-hybridized carbons (Fsp3) is 0.211. The predicted molar refractivity (Wildman–Crippen MR) is 84.3 cm³/mol. The van der Waals surface area contributed by atoms with Crippen LogP contribution in [0.15, 0.2) is 42.5 Å². The van der Waals surface area contributed by atoms with Crippen molar-refractivity contribution in [3.05, 3.63) is 59.2 Å². The molecule has 0 N–H and O–H groups in total. The Kier molecular flexibility index (Phi) is 4.01. The fourth-order valence-electron chi connectivity index (χ4n) is 1.96. The highest BCUT2D eigenvalue weighted by Crippen LogP contribution is 2.27. The number of hydrogen-bond acceptors (Lipinski definition) is 2. The Morgan fingerprint density at radius 1 is 0.952 bits per heavy atom. The van der Waals surface area contributed by atoms with E-state index in [1.54, 1.807) is 18.2 Å². The van der Waals surface area contributed by atoms with E-state index in [1.165, 1.54) is 5.56 Å². The highest BCUT2D eigenvalue weighted by molar-refractivity contribution is 5.51. The second-order valence-electron chi connectivity index (χ2n) is 5.84. The fourth-order valence-corrected chi connectivity index (χ4v) is 1.96. The van der Waals surface area contributed by atoms with E-state index in [0.29, 0.717) is 16.9 Å². The molecule has 0 unspecified atom stereocenters. The first-order chi connectivity index (χ1) is 9.94. The Labute approximate surface area is 126 Å². The second kappa shape index (κ2) is 5.73. The normalized spacial score (nSPS) is 10.5. The second-order valence-corrected chi connectivity index (χ2v) is 5.84. The molecule has 2 aromatic carbocycles. The zero-order chi connectivity index (χ0) is 15.5. The first kappa shape index (κ1) is 14.7. The van der Waals surface area contributed by atoms with E-state index < -0.39 is 0 Å². The number of hydrogen-bond donors (Lipinski definition) is 0. The molecule has 0 heterocycles. The standard InChI is InChI=1S/C19H17NO/c1-5-14-6-9-18(12-15(14)13-20)21-17-10-7-16(8-11-17)19(2,3)4/h1,6-12H,2-4H3. The Hall–Kier alpha value is -2.71. The molecule has 0 aliphatic heterocycles. The van der Waals surface area contributed by atoms with Crippen LogP contribution in [0, 0.1) is 23.7 Å². The Balaban J connectivity index is 2.23. The van der Waals surface area contributed by atoms with E-state index in [9.17, 15) is 0 Å². The summed E-state index contributed by atoms with van der Waals surface area (Å²) >= 11 is 0. The lowest BCUT2D eigenvalue weighted by molar-refractivity contribution is 0.481. The van der Waals surface area contributed by atoms with E-state index in [2.05, 4.69) is 44.9 Å². The molecule has 21 heavy (non-hydrogen) atoms. The minimum Gasteiger partial charge on any atom is -0.457 e. The first-order valence-electron chi connectivity index (χ1n) is 6.73. The minimum atomic E-state index is 0.112. The summed E-state index contributed by atoms with van der Waals surface area (Å²) in [5, 5.41) is 9.06. The molecule has 0 amide bonds. The van der Waals surface area contributed by atoms with E-state index in [0.717, 1.165) is 5.75 Å². The average molecular weight is 275 g/mol. The van der Waals surface area contributed by atoms with Gasteiger partial charge in [0.2, 0.25) is 0 Å². The third kappa shape index (κ3) is 3.44. The minimum absolute atomic E-state index is 0.112. The Bertz CT molecular complexity index is 722. The van der Waals surface area contributed by atoms with Gasteiger partial charge in [0.25, 0.3) is 0 Å². The molecular weight excluding hydrogens is 258 g/mol. The number of benzene rings is 2. The van der Waals surface area contributed by atoms with Gasteiger partial charge in [0.05, 0.1) is 5.56 Å². The summed E-state index contributed by atoms with van der Waals surface area (Å²) in [6.07, 6.45) is 5.34. The quantitative estimate of drug-likeness (QED) is 0.749. The zero-order valence-electron chi connectivity index (χ0n) is 12.5. The molecule has 0 atom stereocenters. The predicted octanol–water partition coefficient (Wildman–Crippen LogP) is 4.63. The van der Waals surface area contributed by atoms with Crippen LogP contribution in [0.3, 0.4) is 0 Å². The summed E-state index contributed by atoms with van der Waals surface area (Å²) in [7, 11) is 0. The molecule has 2 rings (SSSR count). The van der Waals surface area contributed by atoms with Crippen LogP contribution in [0.4, 0.5) is 0 Å². The van der Waals surface area contributed by atoms with E-state index >= 15 is 0 Å². The molecule has 2 heteroatoms. The number of nitriles is 1. The molecule has 0 fully saturated rings. The van der Waals surface area contributed by atoms with Crippen LogP contribution in [0.25, 0.3) is 0 Å². The van der Waals surface area contributed by atoms with Crippen LogP contribution in [0.5, 0.6) is 11.5 Å². The van der Waals surface area contributed by atoms with E-state index in [4.69, 9.17) is 16.4 Å². The van der Waals surface area contributed by atoms with Crippen LogP contribution in [0.1, 0.15) is 37.5 Å². The summed E-state index contributed by atoms with van der Waals surface area (Å²) in [6, 6.07) is 15.2. The van der Waals surface area contributed by atoms with Crippen molar-refractivity contribution >= 4 is 0 Å². The summed E-state index contributed by atoms with van der Waals surface area (Å²) in [6.45, 7) is 6.50. The van der Waals surface area contributed by atoms with Crippen molar-refractivity contribution in [2.75, 3.05) is 0 Å². The Morgan fingerprint density at radius 3 is 2.10 bits per heavy atom. The van der Waals surface area contributed by atoms with Crippen molar-refractivity contribution in [3.8, 4) is 29.9 Å². The summed E-state index contributed by atoms with van der Waals surface area (Å²) in [4.78, 5) is 0. The largest absolute Gasteiger partial charge is 0.457 e. The van der Waals surface area contributed by atoms with Crippen molar-refractivity contribution < 1.29 is 4.74 Å². The highest BCUT2D eigenvalue weighted by atomic mass is 16.5. The zero-order valence-corrected chi connectivity index (χ0v) is 12.5. The Morgan fingerprint density at radius 2 is 1.57 bits per heavy atom. The maximum atomic E-state index is 9.06. The topological polar surface area (TPSA) is 33.0 Å². The molecule has 104 valence electrons. The molecule has 0 spiro atoms. The van der Waals surface area contributed by atoms with Gasteiger partial charge in [-0.15, -0.1) is 6.42 Å². The van der Waals surface area contributed by atoms with Gasteiger partial charge >= 0.3 is 0 Å². The molecule has 0 saturated carbocycles. The third-order valence-corrected chi connectivity index (χ3v) is 3.22. The van der Waals surface area contributed by atoms with Gasteiger partial charge in [0.15, 0.2) is 0 Å². The first-order valence-corrected chi connectivity index (χ1v) is 6.73. The molecule has 2 nitrogen and oxygen atoms in total. The van der Waals surface area contributed by atoms with Crippen molar-refractivity contribution in [1.82, 2.24) is 0 Å². The maximum Gasteiger partial charge on any atom is 0.128 e. The van der Waals surface area contributed by atoms with Crippen molar-refractivity contribution in [1.29, 1.82) is 5.26 Å².